The second-order valence-electron chi connectivity index (χ2n) is 7.04. The molecule has 1 aliphatic heterocycles. The number of hydrogen-bond acceptors (Lipinski definition) is 4. The van der Waals surface area contributed by atoms with Crippen molar-refractivity contribution < 1.29 is 4.79 Å². The molecule has 5 nitrogen and oxygen atoms in total. The zero-order chi connectivity index (χ0) is 19.7. The van der Waals surface area contributed by atoms with Gasteiger partial charge in [0.05, 0.1) is 23.5 Å². The zero-order valence-corrected chi connectivity index (χ0v) is 17.3. The Hall–Kier alpha value is -2.31. The number of nitrogens with one attached hydrogen (secondary N) is 1. The first-order chi connectivity index (χ1) is 13.5. The smallest absolute Gasteiger partial charge is 0.255 e. The minimum Gasteiger partial charge on any atom is -0.345 e. The van der Waals surface area contributed by atoms with Gasteiger partial charge in [0.1, 0.15) is 0 Å². The number of carbonyl (C=O) groups excluding carboxylic acids is 1. The summed E-state index contributed by atoms with van der Waals surface area (Å²) in [5, 5.41) is 8.33. The summed E-state index contributed by atoms with van der Waals surface area (Å²) in [6.07, 6.45) is 4.23. The molecule has 3 heterocycles. The minimum absolute atomic E-state index is 0.0549. The lowest BCUT2D eigenvalue weighted by molar-refractivity contribution is 0.0933. The summed E-state index contributed by atoms with van der Waals surface area (Å²) in [7, 11) is 0. The van der Waals surface area contributed by atoms with Gasteiger partial charge in [-0.3, -0.25) is 4.79 Å². The molecule has 0 saturated heterocycles. The molecule has 0 spiro atoms. The highest BCUT2D eigenvalue weighted by Gasteiger charge is 2.26. The average Bonchev–Trinajstić information content (AvgIpc) is 3.15. The number of halogens is 1. The summed E-state index contributed by atoms with van der Waals surface area (Å²) in [6.45, 7) is 4.11. The molecule has 0 unspecified atom stereocenters. The van der Waals surface area contributed by atoms with Crippen molar-refractivity contribution in [1.82, 2.24) is 20.1 Å². The molecule has 28 heavy (non-hydrogen) atoms. The van der Waals surface area contributed by atoms with Crippen LogP contribution in [0, 0.1) is 0 Å². The van der Waals surface area contributed by atoms with Crippen LogP contribution in [0.15, 0.2) is 53.7 Å². The van der Waals surface area contributed by atoms with Crippen molar-refractivity contribution in [2.75, 3.05) is 5.75 Å². The van der Waals surface area contributed by atoms with Crippen LogP contribution in [0.2, 0.25) is 5.02 Å². The summed E-state index contributed by atoms with van der Waals surface area (Å²) in [5.74, 6) is 1.67. The minimum atomic E-state index is -0.117. The Morgan fingerprint density at radius 3 is 2.93 bits per heavy atom. The molecule has 1 aliphatic rings. The number of carbonyl (C=O) groups is 1. The molecule has 1 atom stereocenters. The number of hydrogen-bond donors (Lipinski definition) is 1. The number of aromatic nitrogens is 3. The molecule has 3 aromatic rings. The predicted molar refractivity (Wildman–Crippen MR) is 112 cm³/mol. The zero-order valence-electron chi connectivity index (χ0n) is 15.7. The van der Waals surface area contributed by atoms with Gasteiger partial charge in [-0.15, -0.1) is 11.8 Å². The maximum atomic E-state index is 13.2. The number of benzene rings is 1. The van der Waals surface area contributed by atoms with Crippen LogP contribution in [0.4, 0.5) is 0 Å². The van der Waals surface area contributed by atoms with Crippen LogP contribution >= 0.6 is 23.4 Å². The van der Waals surface area contributed by atoms with Crippen LogP contribution in [-0.2, 0) is 0 Å². The molecule has 144 valence electrons. The van der Waals surface area contributed by atoms with Crippen LogP contribution < -0.4 is 5.32 Å². The number of nitrogens with zero attached hydrogens (tertiary/aromatic N) is 3. The van der Waals surface area contributed by atoms with Crippen molar-refractivity contribution >= 4 is 29.3 Å². The first kappa shape index (κ1) is 19.0. The lowest BCUT2D eigenvalue weighted by Crippen LogP contribution is -2.31. The van der Waals surface area contributed by atoms with E-state index in [9.17, 15) is 4.79 Å². The van der Waals surface area contributed by atoms with Gasteiger partial charge in [-0.1, -0.05) is 31.5 Å². The SMILES string of the molecule is CC(C)c1c(C(=O)N[C@@H]2CCSc3ccc(Cl)cc32)cnn1-c1ccccn1. The van der Waals surface area contributed by atoms with Gasteiger partial charge in [0.2, 0.25) is 0 Å². The molecule has 0 bridgehead atoms. The Bertz CT molecular complexity index is 1000. The van der Waals surface area contributed by atoms with Crippen LogP contribution in [0.1, 0.15) is 53.8 Å². The van der Waals surface area contributed by atoms with Gasteiger partial charge in [-0.25, -0.2) is 9.67 Å². The molecular weight excluding hydrogens is 392 g/mol. The van der Waals surface area contributed by atoms with Gasteiger partial charge in [-0.05, 0) is 48.2 Å². The molecule has 1 amide bonds. The molecule has 0 aliphatic carbocycles. The van der Waals surface area contributed by atoms with Gasteiger partial charge < -0.3 is 5.32 Å². The highest BCUT2D eigenvalue weighted by atomic mass is 35.5. The third kappa shape index (κ3) is 3.66. The third-order valence-electron chi connectivity index (χ3n) is 4.78. The molecule has 0 saturated carbocycles. The van der Waals surface area contributed by atoms with E-state index in [-0.39, 0.29) is 17.9 Å². The van der Waals surface area contributed by atoms with E-state index in [2.05, 4.69) is 29.2 Å². The highest BCUT2D eigenvalue weighted by Crippen LogP contribution is 2.37. The van der Waals surface area contributed by atoms with Gasteiger partial charge in [0.15, 0.2) is 5.82 Å². The van der Waals surface area contributed by atoms with Crippen molar-refractivity contribution in [3.8, 4) is 5.82 Å². The van der Waals surface area contributed by atoms with E-state index in [1.807, 2.05) is 36.4 Å². The topological polar surface area (TPSA) is 59.8 Å². The van der Waals surface area contributed by atoms with E-state index in [1.54, 1.807) is 28.8 Å². The molecule has 2 aromatic heterocycles. The van der Waals surface area contributed by atoms with Crippen molar-refractivity contribution in [3.63, 3.8) is 0 Å². The van der Waals surface area contributed by atoms with Crippen molar-refractivity contribution in [1.29, 1.82) is 0 Å². The first-order valence-corrected chi connectivity index (χ1v) is 10.6. The van der Waals surface area contributed by atoms with E-state index in [4.69, 9.17) is 11.6 Å². The van der Waals surface area contributed by atoms with Crippen LogP contribution in [0.25, 0.3) is 5.82 Å². The number of amides is 1. The van der Waals surface area contributed by atoms with Gasteiger partial charge in [0, 0.05) is 21.9 Å². The number of thioether (sulfide) groups is 1. The quantitative estimate of drug-likeness (QED) is 0.654. The second-order valence-corrected chi connectivity index (χ2v) is 8.62. The number of rotatable bonds is 4. The van der Waals surface area contributed by atoms with Crippen molar-refractivity contribution in [2.45, 2.75) is 37.1 Å². The Morgan fingerprint density at radius 1 is 1.32 bits per heavy atom. The van der Waals surface area contributed by atoms with E-state index >= 15 is 0 Å². The number of pyridine rings is 1. The van der Waals surface area contributed by atoms with Crippen LogP contribution in [-0.4, -0.2) is 26.4 Å². The fourth-order valence-electron chi connectivity index (χ4n) is 3.50. The third-order valence-corrected chi connectivity index (χ3v) is 6.14. The largest absolute Gasteiger partial charge is 0.345 e. The standard InChI is InChI=1S/C21H21ClN4OS/c1-13(2)20-16(12-24-26(20)19-5-3-4-9-23-19)21(27)25-17-8-10-28-18-7-6-14(22)11-15(17)18/h3-7,9,11-13,17H,8,10H2,1-2H3,(H,25,27)/t17-/m1/s1. The van der Waals surface area contributed by atoms with E-state index in [1.165, 1.54) is 4.90 Å². The lowest BCUT2D eigenvalue weighted by Gasteiger charge is -2.26. The Balaban J connectivity index is 1.65. The summed E-state index contributed by atoms with van der Waals surface area (Å²) in [6, 6.07) is 11.5. The Kier molecular flexibility index (Phi) is 5.42. The molecular formula is C21H21ClN4OS. The molecule has 1 aromatic carbocycles. The summed E-state index contributed by atoms with van der Waals surface area (Å²) in [4.78, 5) is 18.7. The molecule has 7 heteroatoms. The van der Waals surface area contributed by atoms with Gasteiger partial charge in [-0.2, -0.15) is 5.10 Å². The summed E-state index contributed by atoms with van der Waals surface area (Å²) >= 11 is 7.99. The van der Waals surface area contributed by atoms with Crippen LogP contribution in [0.3, 0.4) is 0 Å². The Morgan fingerprint density at radius 2 is 2.18 bits per heavy atom. The molecule has 0 fully saturated rings. The molecule has 1 N–H and O–H groups in total. The maximum absolute atomic E-state index is 13.2. The number of fused-ring (bicyclic) bond motifs is 1. The summed E-state index contributed by atoms with van der Waals surface area (Å²) < 4.78 is 1.75. The maximum Gasteiger partial charge on any atom is 0.255 e. The lowest BCUT2D eigenvalue weighted by atomic mass is 10.0. The Labute approximate surface area is 173 Å². The highest BCUT2D eigenvalue weighted by molar-refractivity contribution is 7.99. The first-order valence-electron chi connectivity index (χ1n) is 9.27. The normalized spacial score (nSPS) is 16.1. The van der Waals surface area contributed by atoms with E-state index < -0.39 is 0 Å². The fraction of sp³-hybridized carbons (Fsp3) is 0.286. The van der Waals surface area contributed by atoms with Gasteiger partial charge in [0.25, 0.3) is 5.91 Å². The average molecular weight is 413 g/mol. The fourth-order valence-corrected chi connectivity index (χ4v) is 4.79. The monoisotopic (exact) mass is 412 g/mol. The summed E-state index contributed by atoms with van der Waals surface area (Å²) in [5.41, 5.74) is 2.52. The van der Waals surface area contributed by atoms with Gasteiger partial charge >= 0.3 is 0 Å². The van der Waals surface area contributed by atoms with Crippen LogP contribution in [0.5, 0.6) is 0 Å². The predicted octanol–water partition coefficient (Wildman–Crippen LogP) is 5.01. The second kappa shape index (κ2) is 7.97. The molecule has 0 radical (unpaired) electrons. The molecule has 4 rings (SSSR count). The van der Waals surface area contributed by atoms with Crippen molar-refractivity contribution in [3.05, 3.63) is 70.6 Å². The van der Waals surface area contributed by atoms with E-state index in [0.717, 1.165) is 23.4 Å². The van der Waals surface area contributed by atoms with Crippen molar-refractivity contribution in [2.24, 2.45) is 0 Å². The van der Waals surface area contributed by atoms with E-state index in [0.29, 0.717) is 16.4 Å².